The van der Waals surface area contributed by atoms with E-state index in [1.165, 1.54) is 39.8 Å². The molecule has 0 saturated heterocycles. The first kappa shape index (κ1) is 27.3. The second kappa shape index (κ2) is 10.5. The summed E-state index contributed by atoms with van der Waals surface area (Å²) in [6.45, 7) is 17.4. The molecule has 0 spiro atoms. The maximum absolute atomic E-state index is 4.39. The third-order valence-electron chi connectivity index (χ3n) is 9.06. The Balaban J connectivity index is 1.60. The fourth-order valence-electron chi connectivity index (χ4n) is 6.37. The Morgan fingerprint density at radius 1 is 1.08 bits per heavy atom. The molecule has 192 valence electrons. The van der Waals surface area contributed by atoms with Crippen LogP contribution in [-0.4, -0.2) is 15.0 Å². The zero-order valence-electron chi connectivity index (χ0n) is 23.7. The van der Waals surface area contributed by atoms with Gasteiger partial charge in [-0.25, -0.2) is 0 Å². The van der Waals surface area contributed by atoms with E-state index >= 15 is 0 Å². The topological polar surface area (TPSA) is 27.6 Å². The molecule has 0 heterocycles. The lowest BCUT2D eigenvalue weighted by Crippen LogP contribution is -2.59. The van der Waals surface area contributed by atoms with Gasteiger partial charge >= 0.3 is 0 Å². The number of allylic oxidation sites excluding steroid dienone is 5. The zero-order chi connectivity index (χ0) is 26.3. The Hall–Kier alpha value is -1.78. The van der Waals surface area contributed by atoms with Crippen LogP contribution in [0.1, 0.15) is 81.7 Å². The molecule has 2 aromatic rings. The molecule has 2 aromatic carbocycles. The molecule has 4 rings (SSSR count). The molecular weight excluding hydrogens is 549 g/mol. The lowest BCUT2D eigenvalue weighted by Gasteiger charge is -2.45. The summed E-state index contributed by atoms with van der Waals surface area (Å²) >= 11 is 0.147. The van der Waals surface area contributed by atoms with Crippen molar-refractivity contribution in [3.05, 3.63) is 93.6 Å². The quantitative estimate of drug-likeness (QED) is 0.190. The largest absolute Gasteiger partial charge is 0.357 e. The van der Waals surface area contributed by atoms with Gasteiger partial charge < -0.3 is 5.73 Å². The van der Waals surface area contributed by atoms with Gasteiger partial charge in [0.15, 0.2) is 0 Å². The first-order valence-electron chi connectivity index (χ1n) is 13.5. The van der Waals surface area contributed by atoms with Gasteiger partial charge in [0, 0.05) is 16.7 Å². The summed E-state index contributed by atoms with van der Waals surface area (Å²) in [4.78, 5) is 2.34. The summed E-state index contributed by atoms with van der Waals surface area (Å²) in [6.07, 6.45) is 8.44. The molecule has 2 heteroatoms. The van der Waals surface area contributed by atoms with Gasteiger partial charge in [-0.2, -0.15) is 0 Å². The molecular formula is C34H45IN+. The standard InChI is InChI=1S/C34H44IN/c1-22-11-9-12-28(23(22)2)32-24(3)29(32)13-10-14-31-33(5,6)30(19-20-34(31,7)21-36)27-17-15-26(16-18-27)25(4)35-8/h9,11-12,14-19,24H,10,13,20-21,36H2,1-8H3/p+1. The van der Waals surface area contributed by atoms with Crippen molar-refractivity contribution in [3.8, 4) is 0 Å². The van der Waals surface area contributed by atoms with Gasteiger partial charge in [-0.15, -0.1) is 20.7 Å². The van der Waals surface area contributed by atoms with Crippen molar-refractivity contribution in [1.82, 2.24) is 0 Å². The maximum Gasteiger partial charge on any atom is 0.0835 e. The average molecular weight is 595 g/mol. The van der Waals surface area contributed by atoms with Gasteiger partial charge in [-0.3, -0.25) is 0 Å². The molecule has 0 amide bonds. The molecule has 0 aliphatic heterocycles. The highest BCUT2D eigenvalue weighted by Crippen LogP contribution is 2.54. The molecule has 2 aliphatic rings. The summed E-state index contributed by atoms with van der Waals surface area (Å²) in [5.41, 5.74) is 17.9. The van der Waals surface area contributed by atoms with E-state index in [-0.39, 0.29) is 31.6 Å². The smallest absolute Gasteiger partial charge is 0.0835 e. The second-order valence-electron chi connectivity index (χ2n) is 11.6. The Morgan fingerprint density at radius 3 is 2.42 bits per heavy atom. The highest BCUT2D eigenvalue weighted by atomic mass is 127. The molecule has 3 N–H and O–H groups in total. The maximum atomic E-state index is 4.39. The molecule has 36 heavy (non-hydrogen) atoms. The van der Waals surface area contributed by atoms with E-state index in [0.717, 1.165) is 19.4 Å². The lowest BCUT2D eigenvalue weighted by atomic mass is 9.59. The van der Waals surface area contributed by atoms with Gasteiger partial charge in [-0.05, 0) is 87.4 Å². The third-order valence-corrected chi connectivity index (χ3v) is 11.3. The normalized spacial score (nSPS) is 25.0. The van der Waals surface area contributed by atoms with E-state index in [9.17, 15) is 0 Å². The second-order valence-corrected chi connectivity index (χ2v) is 14.3. The van der Waals surface area contributed by atoms with E-state index in [2.05, 4.69) is 114 Å². The Kier molecular flexibility index (Phi) is 7.98. The zero-order valence-corrected chi connectivity index (χ0v) is 25.8. The Bertz CT molecular complexity index is 1270. The summed E-state index contributed by atoms with van der Waals surface area (Å²) in [5, 5.41) is 0. The molecule has 0 radical (unpaired) electrons. The van der Waals surface area contributed by atoms with E-state index in [4.69, 9.17) is 0 Å². The SMILES string of the molecule is CI=C(C)c1ccc(C2=CCC(C)(C[NH3+])C(=CCCC3=C(c4cccc(C)c4C)C3C)C2(C)C)cc1. The number of quaternary nitrogens is 1. The van der Waals surface area contributed by atoms with Crippen LogP contribution in [0.25, 0.3) is 11.1 Å². The minimum atomic E-state index is 0.00214. The van der Waals surface area contributed by atoms with Crippen LogP contribution >= 0.6 is 20.7 Å². The number of alkyl halides is 1. The van der Waals surface area contributed by atoms with E-state index in [1.54, 1.807) is 20.2 Å². The van der Waals surface area contributed by atoms with Crippen molar-refractivity contribution in [2.24, 2.45) is 16.7 Å². The van der Waals surface area contributed by atoms with Crippen LogP contribution in [0, 0.1) is 30.6 Å². The fourth-order valence-corrected chi connectivity index (χ4v) is 7.35. The van der Waals surface area contributed by atoms with Crippen molar-refractivity contribution in [2.45, 2.75) is 67.7 Å². The Labute approximate surface area is 229 Å². The van der Waals surface area contributed by atoms with E-state index in [1.807, 2.05) is 0 Å². The molecule has 2 atom stereocenters. The van der Waals surface area contributed by atoms with Crippen molar-refractivity contribution in [2.75, 3.05) is 11.5 Å². The summed E-state index contributed by atoms with van der Waals surface area (Å²) in [7, 11) is 0. The molecule has 2 aliphatic carbocycles. The average Bonchev–Trinajstić information content (AvgIpc) is 3.50. The molecule has 0 aromatic heterocycles. The van der Waals surface area contributed by atoms with Gasteiger partial charge in [0.25, 0.3) is 0 Å². The first-order valence-corrected chi connectivity index (χ1v) is 16.7. The lowest BCUT2D eigenvalue weighted by molar-refractivity contribution is -0.388. The van der Waals surface area contributed by atoms with Crippen molar-refractivity contribution in [1.29, 1.82) is 0 Å². The van der Waals surface area contributed by atoms with Gasteiger partial charge in [0.1, 0.15) is 0 Å². The van der Waals surface area contributed by atoms with Crippen LogP contribution in [0.4, 0.5) is 0 Å². The van der Waals surface area contributed by atoms with E-state index in [0.29, 0.717) is 5.92 Å². The summed E-state index contributed by atoms with van der Waals surface area (Å²) in [6, 6.07) is 16.1. The molecule has 2 unspecified atom stereocenters. The van der Waals surface area contributed by atoms with Gasteiger partial charge in [0.2, 0.25) is 0 Å². The van der Waals surface area contributed by atoms with Crippen LogP contribution < -0.4 is 5.73 Å². The highest BCUT2D eigenvalue weighted by molar-refractivity contribution is 14.2. The predicted molar refractivity (Wildman–Crippen MR) is 168 cm³/mol. The molecule has 1 nitrogen and oxygen atoms in total. The van der Waals surface area contributed by atoms with Crippen LogP contribution in [0.5, 0.6) is 0 Å². The van der Waals surface area contributed by atoms with Crippen LogP contribution in [0.3, 0.4) is 0 Å². The minimum absolute atomic E-state index is 0.00214. The number of benzene rings is 2. The van der Waals surface area contributed by atoms with Crippen LogP contribution in [-0.2, 0) is 0 Å². The van der Waals surface area contributed by atoms with Gasteiger partial charge in [0.05, 0.1) is 6.54 Å². The number of hydrogen-bond acceptors (Lipinski definition) is 0. The number of aryl methyl sites for hydroxylation is 1. The van der Waals surface area contributed by atoms with Gasteiger partial charge in [-0.1, -0.05) is 93.5 Å². The first-order chi connectivity index (χ1) is 17.0. The number of rotatable bonds is 7. The number of halogens is 1. The van der Waals surface area contributed by atoms with Crippen LogP contribution in [0.15, 0.2) is 65.8 Å². The van der Waals surface area contributed by atoms with E-state index < -0.39 is 0 Å². The van der Waals surface area contributed by atoms with Crippen LogP contribution in [0.2, 0.25) is 0 Å². The Morgan fingerprint density at radius 2 is 1.78 bits per heavy atom. The summed E-state index contributed by atoms with van der Waals surface area (Å²) < 4.78 is 1.56. The monoisotopic (exact) mass is 594 g/mol. The fraction of sp³-hybridized carbons (Fsp3) is 0.441. The highest BCUT2D eigenvalue weighted by Gasteiger charge is 2.44. The third kappa shape index (κ3) is 5.00. The molecule has 0 bridgehead atoms. The van der Waals surface area contributed by atoms with Crippen molar-refractivity contribution >= 4 is 35.4 Å². The predicted octanol–water partition coefficient (Wildman–Crippen LogP) is 8.32. The van der Waals surface area contributed by atoms with Crippen molar-refractivity contribution < 1.29 is 5.73 Å². The molecule has 0 saturated carbocycles. The van der Waals surface area contributed by atoms with Crippen molar-refractivity contribution in [3.63, 3.8) is 0 Å². The molecule has 0 fully saturated rings. The minimum Gasteiger partial charge on any atom is -0.357 e. The summed E-state index contributed by atoms with van der Waals surface area (Å²) in [5.74, 6) is 0.627. The number of hydrogen-bond donors (Lipinski definition) is 1.